The van der Waals surface area contributed by atoms with Crippen LogP contribution >= 0.6 is 0 Å². The minimum absolute atomic E-state index is 0.0589. The lowest BCUT2D eigenvalue weighted by atomic mass is 10.1. The lowest BCUT2D eigenvalue weighted by Gasteiger charge is -2.11. The molecule has 1 amide bonds. The van der Waals surface area contributed by atoms with Crippen LogP contribution in [0.2, 0.25) is 0 Å². The fourth-order valence-corrected chi connectivity index (χ4v) is 1.99. The zero-order valence-electron chi connectivity index (χ0n) is 13.2. The van der Waals surface area contributed by atoms with Crippen molar-refractivity contribution in [3.05, 3.63) is 29.8 Å². The van der Waals surface area contributed by atoms with Gasteiger partial charge in [-0.05, 0) is 37.0 Å². The van der Waals surface area contributed by atoms with Gasteiger partial charge in [-0.15, -0.1) is 0 Å². The first-order valence-electron chi connectivity index (χ1n) is 7.92. The molecule has 1 aromatic carbocycles. The Morgan fingerprint density at radius 1 is 1.24 bits per heavy atom. The Morgan fingerprint density at radius 3 is 2.57 bits per heavy atom. The van der Waals surface area contributed by atoms with Gasteiger partial charge in [0.2, 0.25) is 5.91 Å². The molecule has 0 saturated heterocycles. The van der Waals surface area contributed by atoms with Gasteiger partial charge < -0.3 is 15.8 Å². The summed E-state index contributed by atoms with van der Waals surface area (Å²) in [4.78, 5) is 11.7. The van der Waals surface area contributed by atoms with E-state index in [0.717, 1.165) is 44.5 Å². The summed E-state index contributed by atoms with van der Waals surface area (Å²) < 4.78 is 5.62. The predicted molar refractivity (Wildman–Crippen MR) is 86.4 cm³/mol. The van der Waals surface area contributed by atoms with Gasteiger partial charge >= 0.3 is 0 Å². The second kappa shape index (κ2) is 10.2. The van der Waals surface area contributed by atoms with Gasteiger partial charge in [0.1, 0.15) is 5.75 Å². The molecule has 3 N–H and O–H groups in total. The maximum Gasteiger partial charge on any atom is 0.236 e. The summed E-state index contributed by atoms with van der Waals surface area (Å²) in [7, 11) is 0. The highest BCUT2D eigenvalue weighted by Gasteiger charge is 2.10. The quantitative estimate of drug-likeness (QED) is 0.652. The highest BCUT2D eigenvalue weighted by atomic mass is 16.5. The van der Waals surface area contributed by atoms with Crippen molar-refractivity contribution >= 4 is 5.91 Å². The number of nitrogens with one attached hydrogen (secondary N) is 1. The summed E-state index contributed by atoms with van der Waals surface area (Å²) in [5.74, 6) is 0.845. The molecule has 0 aliphatic carbocycles. The van der Waals surface area contributed by atoms with Crippen LogP contribution in [0.25, 0.3) is 0 Å². The van der Waals surface area contributed by atoms with Gasteiger partial charge in [0.05, 0.1) is 12.6 Å². The largest absolute Gasteiger partial charge is 0.494 e. The van der Waals surface area contributed by atoms with Crippen LogP contribution in [0, 0.1) is 0 Å². The van der Waals surface area contributed by atoms with Crippen LogP contribution in [0.3, 0.4) is 0 Å². The van der Waals surface area contributed by atoms with Crippen LogP contribution in [0.5, 0.6) is 5.75 Å². The topological polar surface area (TPSA) is 64.3 Å². The van der Waals surface area contributed by atoms with E-state index in [0.29, 0.717) is 6.54 Å². The Morgan fingerprint density at radius 2 is 1.95 bits per heavy atom. The molecular weight excluding hydrogens is 264 g/mol. The van der Waals surface area contributed by atoms with Gasteiger partial charge in [-0.25, -0.2) is 0 Å². The average Bonchev–Trinajstić information content (AvgIpc) is 2.49. The molecule has 21 heavy (non-hydrogen) atoms. The van der Waals surface area contributed by atoms with E-state index in [2.05, 4.69) is 12.2 Å². The molecule has 1 atom stereocenters. The predicted octanol–water partition coefficient (Wildman–Crippen LogP) is 2.65. The molecule has 4 heteroatoms. The third kappa shape index (κ3) is 7.14. The first-order chi connectivity index (χ1) is 10.2. The number of nitrogens with two attached hydrogens (primary N) is 1. The van der Waals surface area contributed by atoms with Crippen molar-refractivity contribution < 1.29 is 9.53 Å². The average molecular weight is 292 g/mol. The van der Waals surface area contributed by atoms with E-state index in [-0.39, 0.29) is 11.9 Å². The van der Waals surface area contributed by atoms with Crippen LogP contribution < -0.4 is 15.8 Å². The van der Waals surface area contributed by atoms with Crippen molar-refractivity contribution in [3.8, 4) is 5.75 Å². The lowest BCUT2D eigenvalue weighted by Crippen LogP contribution is -2.41. The van der Waals surface area contributed by atoms with E-state index in [9.17, 15) is 4.79 Å². The van der Waals surface area contributed by atoms with Crippen LogP contribution in [0.1, 0.15) is 45.1 Å². The number of carbonyl (C=O) groups excluding carboxylic acids is 1. The molecule has 0 saturated carbocycles. The first-order valence-corrected chi connectivity index (χ1v) is 7.92. The van der Waals surface area contributed by atoms with E-state index in [1.807, 2.05) is 31.2 Å². The van der Waals surface area contributed by atoms with Crippen LogP contribution in [0.15, 0.2) is 24.3 Å². The SMILES string of the molecule is CCCCOc1ccc(CCNC(=O)C(N)CCC)cc1. The molecule has 0 fully saturated rings. The van der Waals surface area contributed by atoms with E-state index >= 15 is 0 Å². The third-order valence-electron chi connectivity index (χ3n) is 3.34. The molecule has 0 bridgehead atoms. The van der Waals surface area contributed by atoms with Gasteiger partial charge in [-0.1, -0.05) is 38.8 Å². The Labute approximate surface area is 128 Å². The van der Waals surface area contributed by atoms with E-state index < -0.39 is 0 Å². The van der Waals surface area contributed by atoms with Gasteiger partial charge in [0.25, 0.3) is 0 Å². The number of hydrogen-bond acceptors (Lipinski definition) is 3. The zero-order chi connectivity index (χ0) is 15.5. The highest BCUT2D eigenvalue weighted by Crippen LogP contribution is 2.12. The monoisotopic (exact) mass is 292 g/mol. The number of benzene rings is 1. The first kappa shape index (κ1) is 17.5. The maximum absolute atomic E-state index is 11.7. The highest BCUT2D eigenvalue weighted by molar-refractivity contribution is 5.81. The van der Waals surface area contributed by atoms with Crippen molar-refractivity contribution in [2.75, 3.05) is 13.2 Å². The number of rotatable bonds is 10. The third-order valence-corrected chi connectivity index (χ3v) is 3.34. The van der Waals surface area contributed by atoms with Crippen LogP contribution in [0.4, 0.5) is 0 Å². The van der Waals surface area contributed by atoms with E-state index in [1.165, 1.54) is 5.56 Å². The summed E-state index contributed by atoms with van der Waals surface area (Å²) >= 11 is 0. The number of unbranched alkanes of at least 4 members (excludes halogenated alkanes) is 1. The second-order valence-electron chi connectivity index (χ2n) is 5.28. The second-order valence-corrected chi connectivity index (χ2v) is 5.28. The normalized spacial score (nSPS) is 12.0. The summed E-state index contributed by atoms with van der Waals surface area (Å²) in [5.41, 5.74) is 6.94. The molecule has 0 radical (unpaired) electrons. The molecule has 0 aliphatic heterocycles. The number of amides is 1. The van der Waals surface area contributed by atoms with Crippen molar-refractivity contribution in [2.24, 2.45) is 5.73 Å². The summed E-state index contributed by atoms with van der Waals surface area (Å²) in [6, 6.07) is 7.66. The Hall–Kier alpha value is -1.55. The van der Waals surface area contributed by atoms with Gasteiger partial charge in [-0.3, -0.25) is 4.79 Å². The Balaban J connectivity index is 2.27. The minimum Gasteiger partial charge on any atom is -0.494 e. The van der Waals surface area contributed by atoms with Gasteiger partial charge in [0.15, 0.2) is 0 Å². The summed E-state index contributed by atoms with van der Waals surface area (Å²) in [6.07, 6.45) is 4.67. The molecule has 0 spiro atoms. The molecular formula is C17H28N2O2. The van der Waals surface area contributed by atoms with Crippen LogP contribution in [-0.4, -0.2) is 25.1 Å². The molecule has 0 aromatic heterocycles. The molecule has 1 rings (SSSR count). The summed E-state index contributed by atoms with van der Waals surface area (Å²) in [6.45, 7) is 5.55. The van der Waals surface area contributed by atoms with Crippen molar-refractivity contribution in [3.63, 3.8) is 0 Å². The standard InChI is InChI=1S/C17H28N2O2/c1-3-5-13-21-15-9-7-14(8-10-15)11-12-19-17(20)16(18)6-4-2/h7-10,16H,3-6,11-13,18H2,1-2H3,(H,19,20). The fourth-order valence-electron chi connectivity index (χ4n) is 1.99. The number of carbonyl (C=O) groups is 1. The number of ether oxygens (including phenoxy) is 1. The molecule has 0 aliphatic rings. The Bertz CT molecular complexity index is 404. The molecule has 1 aromatic rings. The van der Waals surface area contributed by atoms with Crippen molar-refractivity contribution in [1.82, 2.24) is 5.32 Å². The van der Waals surface area contributed by atoms with Crippen molar-refractivity contribution in [2.45, 2.75) is 52.0 Å². The minimum atomic E-state index is -0.385. The molecule has 0 heterocycles. The molecule has 4 nitrogen and oxygen atoms in total. The fraction of sp³-hybridized carbons (Fsp3) is 0.588. The van der Waals surface area contributed by atoms with E-state index in [4.69, 9.17) is 10.5 Å². The lowest BCUT2D eigenvalue weighted by molar-refractivity contribution is -0.122. The maximum atomic E-state index is 11.7. The van der Waals surface area contributed by atoms with Gasteiger partial charge in [-0.2, -0.15) is 0 Å². The van der Waals surface area contributed by atoms with Crippen molar-refractivity contribution in [1.29, 1.82) is 0 Å². The van der Waals surface area contributed by atoms with E-state index in [1.54, 1.807) is 0 Å². The van der Waals surface area contributed by atoms with Crippen LogP contribution in [-0.2, 0) is 11.2 Å². The smallest absolute Gasteiger partial charge is 0.236 e. The molecule has 118 valence electrons. The zero-order valence-corrected chi connectivity index (χ0v) is 13.2. The number of hydrogen-bond donors (Lipinski definition) is 2. The Kier molecular flexibility index (Phi) is 8.51. The summed E-state index contributed by atoms with van der Waals surface area (Å²) in [5, 5.41) is 2.88. The van der Waals surface area contributed by atoms with Gasteiger partial charge in [0, 0.05) is 6.54 Å². The molecule has 1 unspecified atom stereocenters.